The predicted octanol–water partition coefficient (Wildman–Crippen LogP) is 2.88. The minimum Gasteiger partial charge on any atom is -0.490 e. The number of methoxy groups -OCH3 is 1. The van der Waals surface area contributed by atoms with Gasteiger partial charge in [0.1, 0.15) is 18.5 Å². The molecule has 0 radical (unpaired) electrons. The summed E-state index contributed by atoms with van der Waals surface area (Å²) >= 11 is 0. The van der Waals surface area contributed by atoms with Crippen molar-refractivity contribution in [3.8, 4) is 5.75 Å². The highest BCUT2D eigenvalue weighted by Gasteiger charge is 2.43. The molecule has 0 fully saturated rings. The van der Waals surface area contributed by atoms with Gasteiger partial charge in [0.25, 0.3) is 5.91 Å². The van der Waals surface area contributed by atoms with Crippen LogP contribution in [0.25, 0.3) is 0 Å². The molecule has 3 atom stereocenters. The van der Waals surface area contributed by atoms with Gasteiger partial charge in [0, 0.05) is 18.2 Å². The van der Waals surface area contributed by atoms with Crippen LogP contribution in [0.15, 0.2) is 47.5 Å². The highest BCUT2D eigenvalue weighted by molar-refractivity contribution is 6.00. The number of fused-ring (bicyclic) bond motifs is 2. The van der Waals surface area contributed by atoms with Crippen LogP contribution in [0, 0.1) is 0 Å². The van der Waals surface area contributed by atoms with Gasteiger partial charge in [-0.3, -0.25) is 14.5 Å². The Bertz CT molecular complexity index is 1180. The van der Waals surface area contributed by atoms with Crippen LogP contribution in [0.2, 0.25) is 0 Å². The van der Waals surface area contributed by atoms with Gasteiger partial charge in [0.2, 0.25) is 5.91 Å². The largest absolute Gasteiger partial charge is 0.490 e. The molecular weight excluding hydrogens is 432 g/mol. The highest BCUT2D eigenvalue weighted by atomic mass is 16.5. The van der Waals surface area contributed by atoms with Crippen molar-refractivity contribution in [2.75, 3.05) is 13.7 Å². The Hall–Kier alpha value is -3.39. The zero-order valence-corrected chi connectivity index (χ0v) is 19.7. The summed E-state index contributed by atoms with van der Waals surface area (Å²) in [5.41, 5.74) is 9.34. The number of nitrogens with one attached hydrogen (secondary N) is 1. The molecule has 0 saturated heterocycles. The monoisotopic (exact) mass is 462 g/mol. The van der Waals surface area contributed by atoms with Crippen molar-refractivity contribution in [3.05, 3.63) is 64.7 Å². The van der Waals surface area contributed by atoms with Crippen molar-refractivity contribution >= 4 is 17.8 Å². The number of benzene rings is 2. The van der Waals surface area contributed by atoms with Crippen molar-refractivity contribution in [3.63, 3.8) is 0 Å². The Morgan fingerprint density at radius 2 is 2.03 bits per heavy atom. The fourth-order valence-electron chi connectivity index (χ4n) is 5.25. The molecule has 8 nitrogen and oxygen atoms in total. The van der Waals surface area contributed by atoms with E-state index in [1.165, 1.54) is 16.0 Å². The Kier molecular flexibility index (Phi) is 5.56. The van der Waals surface area contributed by atoms with Crippen LogP contribution in [-0.2, 0) is 16.0 Å². The van der Waals surface area contributed by atoms with Crippen molar-refractivity contribution in [2.45, 2.75) is 56.8 Å². The number of nitrogens with two attached hydrogens (primary N) is 1. The van der Waals surface area contributed by atoms with Crippen LogP contribution in [0.1, 0.15) is 65.8 Å². The molecule has 0 aromatic heterocycles. The van der Waals surface area contributed by atoms with Crippen molar-refractivity contribution < 1.29 is 19.1 Å². The Labute approximate surface area is 199 Å². The second-order valence-corrected chi connectivity index (χ2v) is 9.77. The third kappa shape index (κ3) is 3.92. The molecule has 2 aliphatic heterocycles. The smallest absolute Gasteiger partial charge is 0.251 e. The number of nitrogens with zero attached hydrogens (tertiary/aromatic N) is 2. The second-order valence-electron chi connectivity index (χ2n) is 9.77. The minimum absolute atomic E-state index is 0.0211. The topological polar surface area (TPSA) is 106 Å². The van der Waals surface area contributed by atoms with E-state index in [0.29, 0.717) is 16.9 Å². The lowest BCUT2D eigenvalue weighted by molar-refractivity contribution is -0.134. The van der Waals surface area contributed by atoms with E-state index in [1.54, 1.807) is 25.3 Å². The van der Waals surface area contributed by atoms with E-state index in [-0.39, 0.29) is 36.8 Å². The maximum Gasteiger partial charge on any atom is 0.251 e. The van der Waals surface area contributed by atoms with Crippen molar-refractivity contribution in [1.82, 2.24) is 10.2 Å². The normalized spacial score (nSPS) is 25.1. The molecular formula is C26H30N4O4. The molecule has 34 heavy (non-hydrogen) atoms. The van der Waals surface area contributed by atoms with Crippen LogP contribution in [0.4, 0.5) is 0 Å². The molecule has 1 aliphatic carbocycles. The molecule has 178 valence electrons. The van der Waals surface area contributed by atoms with E-state index in [0.717, 1.165) is 12.8 Å². The summed E-state index contributed by atoms with van der Waals surface area (Å²) in [6.07, 6.45) is 1.60. The van der Waals surface area contributed by atoms with Gasteiger partial charge in [0.05, 0.1) is 24.0 Å². The van der Waals surface area contributed by atoms with Crippen LogP contribution in [0.3, 0.4) is 0 Å². The number of aliphatic imine (C=N–C) groups is 1. The molecule has 2 amide bonds. The standard InChI is InChI=1S/C26H30N4O4/c1-26(2)13-22(31)30(25(27)29-26)23-18-12-16(9-11-20(18)34-14-21(23)33-3)24(32)28-19-10-8-15-6-4-5-7-17(15)19/h4-7,9,11-12,19,21,23H,8,10,13-14H2,1-3H3,(H2,27,29)(H,28,32). The number of guanidine groups is 1. The minimum atomic E-state index is -0.562. The quantitative estimate of drug-likeness (QED) is 0.727. The number of hydrogen-bond donors (Lipinski definition) is 2. The van der Waals surface area contributed by atoms with E-state index in [2.05, 4.69) is 22.4 Å². The second kappa shape index (κ2) is 8.43. The van der Waals surface area contributed by atoms with E-state index in [1.807, 2.05) is 26.0 Å². The Morgan fingerprint density at radius 3 is 2.79 bits per heavy atom. The number of amides is 2. The summed E-state index contributed by atoms with van der Waals surface area (Å²) in [5, 5.41) is 3.17. The predicted molar refractivity (Wildman–Crippen MR) is 128 cm³/mol. The zero-order valence-electron chi connectivity index (χ0n) is 19.7. The highest BCUT2D eigenvalue weighted by Crippen LogP contribution is 2.40. The van der Waals surface area contributed by atoms with Crippen molar-refractivity contribution in [1.29, 1.82) is 0 Å². The molecule has 8 heteroatoms. The van der Waals surface area contributed by atoms with Crippen LogP contribution in [-0.4, -0.2) is 48.0 Å². The lowest BCUT2D eigenvalue weighted by Crippen LogP contribution is -2.55. The van der Waals surface area contributed by atoms with Gasteiger partial charge in [-0.15, -0.1) is 0 Å². The lowest BCUT2D eigenvalue weighted by atomic mass is 9.91. The fraction of sp³-hybridized carbons (Fsp3) is 0.423. The average molecular weight is 463 g/mol. The van der Waals surface area contributed by atoms with E-state index in [4.69, 9.17) is 15.2 Å². The van der Waals surface area contributed by atoms with Crippen LogP contribution >= 0.6 is 0 Å². The summed E-state index contributed by atoms with van der Waals surface area (Å²) in [7, 11) is 1.58. The molecule has 3 aliphatic rings. The number of hydrogen-bond acceptors (Lipinski definition) is 6. The summed E-state index contributed by atoms with van der Waals surface area (Å²) in [4.78, 5) is 32.4. The van der Waals surface area contributed by atoms with Crippen molar-refractivity contribution in [2.24, 2.45) is 10.7 Å². The van der Waals surface area contributed by atoms with Gasteiger partial charge in [-0.2, -0.15) is 0 Å². The zero-order chi connectivity index (χ0) is 24.0. The maximum atomic E-state index is 13.2. The molecule has 0 spiro atoms. The lowest BCUT2D eigenvalue weighted by Gasteiger charge is -2.42. The summed E-state index contributed by atoms with van der Waals surface area (Å²) in [6, 6.07) is 12.9. The molecule has 5 rings (SSSR count). The van der Waals surface area contributed by atoms with Gasteiger partial charge in [0.15, 0.2) is 5.96 Å². The molecule has 0 bridgehead atoms. The SMILES string of the molecule is COC1COc2ccc(C(=O)NC3CCc4ccccc43)cc2C1N1C(=O)CC(C)(C)N=C1N. The van der Waals surface area contributed by atoms with Gasteiger partial charge in [-0.25, -0.2) is 4.99 Å². The molecule has 2 heterocycles. The average Bonchev–Trinajstić information content (AvgIpc) is 3.20. The van der Waals surface area contributed by atoms with Gasteiger partial charge in [-0.05, 0) is 56.0 Å². The first kappa shape index (κ1) is 22.4. The fourth-order valence-corrected chi connectivity index (χ4v) is 5.25. The first-order valence-corrected chi connectivity index (χ1v) is 11.6. The number of rotatable bonds is 4. The van der Waals surface area contributed by atoms with E-state index < -0.39 is 17.7 Å². The third-order valence-electron chi connectivity index (χ3n) is 6.88. The number of aryl methyl sites for hydroxylation is 1. The molecule has 3 N–H and O–H groups in total. The van der Waals surface area contributed by atoms with E-state index >= 15 is 0 Å². The number of carbonyl (C=O) groups is 2. The van der Waals surface area contributed by atoms with Gasteiger partial charge < -0.3 is 20.5 Å². The Balaban J connectivity index is 1.47. The van der Waals surface area contributed by atoms with Gasteiger partial charge in [-0.1, -0.05) is 24.3 Å². The number of carbonyl (C=O) groups excluding carboxylic acids is 2. The summed E-state index contributed by atoms with van der Waals surface area (Å²) in [5.74, 6) is 0.454. The van der Waals surface area contributed by atoms with Gasteiger partial charge >= 0.3 is 0 Å². The first-order valence-electron chi connectivity index (χ1n) is 11.6. The van der Waals surface area contributed by atoms with Crippen LogP contribution in [0.5, 0.6) is 5.75 Å². The molecule has 0 saturated carbocycles. The number of ether oxygens (including phenoxy) is 2. The molecule has 2 aromatic carbocycles. The molecule has 2 aromatic rings. The molecule has 3 unspecified atom stereocenters. The van der Waals surface area contributed by atoms with Crippen LogP contribution < -0.4 is 15.8 Å². The Morgan fingerprint density at radius 1 is 1.24 bits per heavy atom. The first-order chi connectivity index (χ1) is 16.3. The third-order valence-corrected chi connectivity index (χ3v) is 6.88. The maximum absolute atomic E-state index is 13.2. The summed E-state index contributed by atoms with van der Waals surface area (Å²) in [6.45, 7) is 4.02. The van der Waals surface area contributed by atoms with E-state index in [9.17, 15) is 9.59 Å². The summed E-state index contributed by atoms with van der Waals surface area (Å²) < 4.78 is 11.6.